The molecule has 0 spiro atoms. The Bertz CT molecular complexity index is 982. The molecule has 0 N–H and O–H groups in total. The first-order valence-electron chi connectivity index (χ1n) is 9.43. The first kappa shape index (κ1) is 16.8. The van der Waals surface area contributed by atoms with Crippen LogP contribution < -0.4 is 0 Å². The summed E-state index contributed by atoms with van der Waals surface area (Å²) in [6.45, 7) is 9.18. The Morgan fingerprint density at radius 1 is 0.731 bits per heavy atom. The topological polar surface area (TPSA) is 0 Å². The summed E-state index contributed by atoms with van der Waals surface area (Å²) < 4.78 is 0. The molecule has 0 heterocycles. The second kappa shape index (κ2) is 6.29. The summed E-state index contributed by atoms with van der Waals surface area (Å²) >= 11 is 0. The zero-order valence-corrected chi connectivity index (χ0v) is 16.1. The number of rotatable bonds is 2. The molecule has 3 aromatic rings. The maximum atomic E-state index is 2.39. The largest absolute Gasteiger partial charge is 0.0683 e. The molecule has 0 aromatic heterocycles. The molecule has 0 saturated heterocycles. The smallest absolute Gasteiger partial charge is 0.00604 e. The van der Waals surface area contributed by atoms with Gasteiger partial charge >= 0.3 is 0 Å². The summed E-state index contributed by atoms with van der Waals surface area (Å²) in [7, 11) is 0. The highest BCUT2D eigenvalue weighted by atomic mass is 14.3. The lowest BCUT2D eigenvalue weighted by molar-refractivity contribution is 0.591. The minimum Gasteiger partial charge on any atom is -0.0683 e. The summed E-state index contributed by atoms with van der Waals surface area (Å²) in [6, 6.07) is 24.3. The molecule has 0 radical (unpaired) electrons. The van der Waals surface area contributed by atoms with E-state index < -0.39 is 0 Å². The van der Waals surface area contributed by atoms with Gasteiger partial charge in [0.25, 0.3) is 0 Å². The van der Waals surface area contributed by atoms with Crippen molar-refractivity contribution in [1.29, 1.82) is 0 Å². The Balaban J connectivity index is 2.05. The second-order valence-corrected chi connectivity index (χ2v) is 8.39. The summed E-state index contributed by atoms with van der Waals surface area (Å²) in [5.74, 6) is 0. The van der Waals surface area contributed by atoms with Crippen molar-refractivity contribution in [2.75, 3.05) is 0 Å². The SMILES string of the molecule is CC1=Cc2c(ccc(C(C)(C)C)c2-c2ccccc2-c2ccccc2)C1. The van der Waals surface area contributed by atoms with E-state index in [-0.39, 0.29) is 5.41 Å². The molecule has 130 valence electrons. The minimum atomic E-state index is 0.0957. The first-order valence-corrected chi connectivity index (χ1v) is 9.43. The van der Waals surface area contributed by atoms with Gasteiger partial charge in [-0.2, -0.15) is 0 Å². The van der Waals surface area contributed by atoms with Crippen molar-refractivity contribution in [2.45, 2.75) is 39.5 Å². The van der Waals surface area contributed by atoms with E-state index >= 15 is 0 Å². The summed E-state index contributed by atoms with van der Waals surface area (Å²) in [4.78, 5) is 0. The van der Waals surface area contributed by atoms with Gasteiger partial charge in [0.05, 0.1) is 0 Å². The van der Waals surface area contributed by atoms with Gasteiger partial charge in [-0.25, -0.2) is 0 Å². The Morgan fingerprint density at radius 2 is 1.38 bits per heavy atom. The number of fused-ring (bicyclic) bond motifs is 1. The van der Waals surface area contributed by atoms with Crippen LogP contribution in [0.2, 0.25) is 0 Å². The van der Waals surface area contributed by atoms with Crippen LogP contribution in [0, 0.1) is 0 Å². The molecule has 0 atom stereocenters. The second-order valence-electron chi connectivity index (χ2n) is 8.39. The quantitative estimate of drug-likeness (QED) is 0.460. The van der Waals surface area contributed by atoms with E-state index in [0.717, 1.165) is 6.42 Å². The third-order valence-electron chi connectivity index (χ3n) is 5.29. The van der Waals surface area contributed by atoms with Gasteiger partial charge in [-0.1, -0.05) is 99.2 Å². The van der Waals surface area contributed by atoms with Crippen LogP contribution >= 0.6 is 0 Å². The third-order valence-corrected chi connectivity index (χ3v) is 5.29. The molecule has 0 fully saturated rings. The van der Waals surface area contributed by atoms with Gasteiger partial charge in [0.15, 0.2) is 0 Å². The fraction of sp³-hybridized carbons (Fsp3) is 0.231. The maximum Gasteiger partial charge on any atom is -0.00604 e. The van der Waals surface area contributed by atoms with Crippen LogP contribution in [0.4, 0.5) is 0 Å². The highest BCUT2D eigenvalue weighted by molar-refractivity contribution is 5.91. The fourth-order valence-corrected chi connectivity index (χ4v) is 4.07. The normalized spacial score (nSPS) is 13.5. The van der Waals surface area contributed by atoms with Gasteiger partial charge in [-0.15, -0.1) is 0 Å². The minimum absolute atomic E-state index is 0.0957. The molecule has 0 saturated carbocycles. The molecule has 1 aliphatic carbocycles. The monoisotopic (exact) mass is 338 g/mol. The number of hydrogen-bond acceptors (Lipinski definition) is 0. The predicted molar refractivity (Wildman–Crippen MR) is 113 cm³/mol. The van der Waals surface area contributed by atoms with Crippen molar-refractivity contribution in [3.05, 3.63) is 89.0 Å². The van der Waals surface area contributed by atoms with Gasteiger partial charge in [0, 0.05) is 0 Å². The van der Waals surface area contributed by atoms with Crippen LogP contribution in [-0.2, 0) is 11.8 Å². The van der Waals surface area contributed by atoms with Gasteiger partial charge in [-0.05, 0) is 57.7 Å². The number of hydrogen-bond donors (Lipinski definition) is 0. The molecule has 0 bridgehead atoms. The van der Waals surface area contributed by atoms with E-state index in [9.17, 15) is 0 Å². The van der Waals surface area contributed by atoms with Gasteiger partial charge in [-0.3, -0.25) is 0 Å². The Morgan fingerprint density at radius 3 is 2.08 bits per heavy atom. The average Bonchev–Trinajstić information content (AvgIpc) is 3.01. The molecular weight excluding hydrogens is 312 g/mol. The third kappa shape index (κ3) is 2.90. The van der Waals surface area contributed by atoms with Crippen LogP contribution in [0.15, 0.2) is 72.3 Å². The van der Waals surface area contributed by atoms with Crippen molar-refractivity contribution >= 4 is 6.08 Å². The Hall–Kier alpha value is -2.60. The van der Waals surface area contributed by atoms with Crippen LogP contribution in [0.1, 0.15) is 44.4 Å². The average molecular weight is 338 g/mol. The van der Waals surface area contributed by atoms with Crippen molar-refractivity contribution in [3.63, 3.8) is 0 Å². The van der Waals surface area contributed by atoms with Gasteiger partial charge in [0.2, 0.25) is 0 Å². The molecule has 26 heavy (non-hydrogen) atoms. The van der Waals surface area contributed by atoms with Crippen molar-refractivity contribution in [3.8, 4) is 22.3 Å². The molecule has 0 unspecified atom stereocenters. The van der Waals surface area contributed by atoms with Crippen molar-refractivity contribution in [1.82, 2.24) is 0 Å². The maximum absolute atomic E-state index is 2.39. The zero-order valence-electron chi connectivity index (χ0n) is 16.1. The molecule has 0 heteroatoms. The van der Waals surface area contributed by atoms with E-state index in [0.29, 0.717) is 0 Å². The Kier molecular flexibility index (Phi) is 4.07. The van der Waals surface area contributed by atoms with E-state index in [1.54, 1.807) is 0 Å². The number of allylic oxidation sites excluding steroid dienone is 1. The van der Waals surface area contributed by atoms with E-state index in [4.69, 9.17) is 0 Å². The molecule has 4 rings (SSSR count). The highest BCUT2D eigenvalue weighted by Gasteiger charge is 2.25. The van der Waals surface area contributed by atoms with Crippen LogP contribution in [-0.4, -0.2) is 0 Å². The molecule has 0 nitrogen and oxygen atoms in total. The van der Waals surface area contributed by atoms with E-state index in [1.165, 1.54) is 44.5 Å². The lowest BCUT2D eigenvalue weighted by atomic mass is 9.78. The predicted octanol–water partition coefficient (Wildman–Crippen LogP) is 7.28. The molecule has 3 aromatic carbocycles. The van der Waals surface area contributed by atoms with Crippen LogP contribution in [0.5, 0.6) is 0 Å². The summed E-state index contributed by atoms with van der Waals surface area (Å²) in [5, 5.41) is 0. The highest BCUT2D eigenvalue weighted by Crippen LogP contribution is 2.44. The standard InChI is InChI=1S/C26H26/c1-18-16-20-14-15-24(26(2,3)4)25(23(20)17-18)22-13-9-8-12-21(22)19-10-6-5-7-11-19/h5-15,17H,16H2,1-4H3. The van der Waals surface area contributed by atoms with Crippen molar-refractivity contribution < 1.29 is 0 Å². The number of benzene rings is 3. The molecule has 1 aliphatic rings. The van der Waals surface area contributed by atoms with Crippen LogP contribution in [0.25, 0.3) is 28.3 Å². The fourth-order valence-electron chi connectivity index (χ4n) is 4.07. The van der Waals surface area contributed by atoms with Gasteiger partial charge in [0.1, 0.15) is 0 Å². The Labute approximate surface area is 157 Å². The molecule has 0 aliphatic heterocycles. The van der Waals surface area contributed by atoms with Crippen LogP contribution in [0.3, 0.4) is 0 Å². The summed E-state index contributed by atoms with van der Waals surface area (Å²) in [5.41, 5.74) is 11.2. The first-order chi connectivity index (χ1) is 12.4. The molecular formula is C26H26. The van der Waals surface area contributed by atoms with Crippen molar-refractivity contribution in [2.24, 2.45) is 0 Å². The zero-order chi connectivity index (χ0) is 18.3. The lowest BCUT2D eigenvalue weighted by Crippen LogP contribution is -2.14. The molecule has 0 amide bonds. The lowest BCUT2D eigenvalue weighted by Gasteiger charge is -2.26. The van der Waals surface area contributed by atoms with Gasteiger partial charge < -0.3 is 0 Å². The summed E-state index contributed by atoms with van der Waals surface area (Å²) in [6.07, 6.45) is 3.46. The van der Waals surface area contributed by atoms with E-state index in [2.05, 4.69) is 101 Å². The van der Waals surface area contributed by atoms with E-state index in [1.807, 2.05) is 0 Å².